The van der Waals surface area contributed by atoms with Gasteiger partial charge in [0.1, 0.15) is 0 Å². The summed E-state index contributed by atoms with van der Waals surface area (Å²) in [5.74, 6) is 0. The average molecular weight is 294 g/mol. The first kappa shape index (κ1) is 11.2. The van der Waals surface area contributed by atoms with Gasteiger partial charge in [0.2, 0.25) is 0 Å². The van der Waals surface area contributed by atoms with Gasteiger partial charge in [-0.3, -0.25) is 0 Å². The molecule has 0 spiro atoms. The summed E-state index contributed by atoms with van der Waals surface area (Å²) in [6, 6.07) is 4.77. The van der Waals surface area contributed by atoms with Crippen molar-refractivity contribution in [1.82, 2.24) is 14.7 Å². The lowest BCUT2D eigenvalue weighted by atomic mass is 10.2. The fourth-order valence-corrected chi connectivity index (χ4v) is 2.98. The van der Waals surface area contributed by atoms with Crippen LogP contribution < -0.4 is 5.32 Å². The highest BCUT2D eigenvalue weighted by molar-refractivity contribution is 9.10. The highest BCUT2D eigenvalue weighted by Crippen LogP contribution is 2.20. The Labute approximate surface area is 109 Å². The third-order valence-electron chi connectivity index (χ3n) is 3.49. The quantitative estimate of drug-likeness (QED) is 0.942. The smallest absolute Gasteiger partial charge is 0.151 e. The second-order valence-electron chi connectivity index (χ2n) is 4.66. The van der Waals surface area contributed by atoms with Gasteiger partial charge in [-0.15, -0.1) is 0 Å². The number of rotatable bonds is 3. The summed E-state index contributed by atoms with van der Waals surface area (Å²) in [6.45, 7) is 0.905. The number of pyridine rings is 1. The zero-order chi connectivity index (χ0) is 11.7. The standard InChI is InChI=1S/C13H16BrN3/c14-12-6-3-7-17-11(9-16-13(12)17)8-15-10-4-1-2-5-10/h3,6-7,9-10,15H,1-2,4-5,8H2. The van der Waals surface area contributed by atoms with Gasteiger partial charge in [-0.2, -0.15) is 0 Å². The molecule has 0 atom stereocenters. The lowest BCUT2D eigenvalue weighted by Gasteiger charge is -2.11. The Kier molecular flexibility index (Phi) is 3.16. The first-order chi connectivity index (χ1) is 8.34. The van der Waals surface area contributed by atoms with Crippen LogP contribution >= 0.6 is 15.9 Å². The molecule has 0 radical (unpaired) electrons. The molecule has 1 aliphatic rings. The molecule has 1 aliphatic carbocycles. The third kappa shape index (κ3) is 2.24. The number of nitrogens with zero attached hydrogens (tertiary/aromatic N) is 2. The molecular formula is C13H16BrN3. The molecule has 0 aliphatic heterocycles. The fraction of sp³-hybridized carbons (Fsp3) is 0.462. The normalized spacial score (nSPS) is 17.0. The van der Waals surface area contributed by atoms with Crippen LogP contribution in [0, 0.1) is 0 Å². The fourth-order valence-electron chi connectivity index (χ4n) is 2.54. The van der Waals surface area contributed by atoms with Crippen molar-refractivity contribution in [1.29, 1.82) is 0 Å². The number of aromatic nitrogens is 2. The first-order valence-corrected chi connectivity index (χ1v) is 6.98. The Balaban J connectivity index is 1.78. The summed E-state index contributed by atoms with van der Waals surface area (Å²) < 4.78 is 3.19. The lowest BCUT2D eigenvalue weighted by Crippen LogP contribution is -2.25. The van der Waals surface area contributed by atoms with E-state index in [0.29, 0.717) is 6.04 Å². The highest BCUT2D eigenvalue weighted by Gasteiger charge is 2.14. The monoisotopic (exact) mass is 293 g/mol. The third-order valence-corrected chi connectivity index (χ3v) is 4.11. The number of hydrogen-bond acceptors (Lipinski definition) is 2. The maximum atomic E-state index is 4.44. The van der Waals surface area contributed by atoms with Crippen LogP contribution in [-0.2, 0) is 6.54 Å². The Morgan fingerprint density at radius 2 is 2.24 bits per heavy atom. The molecule has 3 nitrogen and oxygen atoms in total. The van der Waals surface area contributed by atoms with Gasteiger partial charge in [0.05, 0.1) is 16.4 Å². The number of nitrogens with one attached hydrogen (secondary N) is 1. The molecule has 2 heterocycles. The maximum absolute atomic E-state index is 4.44. The van der Waals surface area contributed by atoms with E-state index in [9.17, 15) is 0 Å². The summed E-state index contributed by atoms with van der Waals surface area (Å²) in [4.78, 5) is 4.44. The maximum Gasteiger partial charge on any atom is 0.151 e. The van der Waals surface area contributed by atoms with Crippen molar-refractivity contribution in [2.45, 2.75) is 38.3 Å². The SMILES string of the molecule is Brc1cccn2c(CNC3CCCC3)cnc12. The van der Waals surface area contributed by atoms with E-state index in [-0.39, 0.29) is 0 Å². The van der Waals surface area contributed by atoms with E-state index in [1.807, 2.05) is 18.3 Å². The van der Waals surface area contributed by atoms with Crippen LogP contribution in [0.1, 0.15) is 31.4 Å². The minimum atomic E-state index is 0.702. The number of fused-ring (bicyclic) bond motifs is 1. The predicted octanol–water partition coefficient (Wildman–Crippen LogP) is 3.13. The van der Waals surface area contributed by atoms with Crippen LogP contribution in [0.5, 0.6) is 0 Å². The van der Waals surface area contributed by atoms with Gasteiger partial charge >= 0.3 is 0 Å². The van der Waals surface area contributed by atoms with Crippen LogP contribution in [0.3, 0.4) is 0 Å². The van der Waals surface area contributed by atoms with E-state index in [4.69, 9.17) is 0 Å². The molecule has 17 heavy (non-hydrogen) atoms. The van der Waals surface area contributed by atoms with E-state index in [2.05, 4.69) is 36.8 Å². The van der Waals surface area contributed by atoms with Gasteiger partial charge in [-0.05, 0) is 40.9 Å². The lowest BCUT2D eigenvalue weighted by molar-refractivity contribution is 0.518. The topological polar surface area (TPSA) is 29.3 Å². The molecule has 2 aromatic heterocycles. The molecule has 1 saturated carbocycles. The van der Waals surface area contributed by atoms with Crippen molar-refractivity contribution in [3.63, 3.8) is 0 Å². The molecule has 2 aromatic rings. The summed E-state index contributed by atoms with van der Waals surface area (Å²) in [5, 5.41) is 3.62. The summed E-state index contributed by atoms with van der Waals surface area (Å²) in [6.07, 6.45) is 9.41. The van der Waals surface area contributed by atoms with Gasteiger partial charge in [0.25, 0.3) is 0 Å². The number of halogens is 1. The molecule has 0 saturated heterocycles. The molecular weight excluding hydrogens is 278 g/mol. The minimum absolute atomic E-state index is 0.702. The Hall–Kier alpha value is -0.870. The van der Waals surface area contributed by atoms with Gasteiger partial charge in [-0.25, -0.2) is 4.98 Å². The molecule has 0 unspecified atom stereocenters. The van der Waals surface area contributed by atoms with Crippen molar-refractivity contribution in [3.8, 4) is 0 Å². The summed E-state index contributed by atoms with van der Waals surface area (Å²) >= 11 is 3.52. The molecule has 1 fully saturated rings. The molecule has 90 valence electrons. The Morgan fingerprint density at radius 3 is 3.06 bits per heavy atom. The highest BCUT2D eigenvalue weighted by atomic mass is 79.9. The predicted molar refractivity (Wildman–Crippen MR) is 72.0 cm³/mol. The van der Waals surface area contributed by atoms with Gasteiger partial charge < -0.3 is 9.72 Å². The number of imidazole rings is 1. The van der Waals surface area contributed by atoms with Crippen LogP contribution in [0.15, 0.2) is 29.0 Å². The van der Waals surface area contributed by atoms with Crippen LogP contribution in [0.2, 0.25) is 0 Å². The van der Waals surface area contributed by atoms with Crippen LogP contribution in [0.25, 0.3) is 5.65 Å². The average Bonchev–Trinajstić information content (AvgIpc) is 2.95. The first-order valence-electron chi connectivity index (χ1n) is 6.18. The molecule has 0 bridgehead atoms. The molecule has 0 amide bonds. The molecule has 0 aromatic carbocycles. The van der Waals surface area contributed by atoms with Crippen molar-refractivity contribution in [2.24, 2.45) is 0 Å². The Morgan fingerprint density at radius 1 is 1.41 bits per heavy atom. The van der Waals surface area contributed by atoms with Crippen molar-refractivity contribution in [3.05, 3.63) is 34.7 Å². The van der Waals surface area contributed by atoms with Gasteiger partial charge in [0, 0.05) is 18.8 Å². The molecule has 3 rings (SSSR count). The van der Waals surface area contributed by atoms with Crippen LogP contribution in [0.4, 0.5) is 0 Å². The van der Waals surface area contributed by atoms with Crippen molar-refractivity contribution < 1.29 is 0 Å². The second-order valence-corrected chi connectivity index (χ2v) is 5.52. The van der Waals surface area contributed by atoms with E-state index in [1.54, 1.807) is 0 Å². The largest absolute Gasteiger partial charge is 0.308 e. The van der Waals surface area contributed by atoms with Crippen molar-refractivity contribution in [2.75, 3.05) is 0 Å². The Bertz CT molecular complexity index is 514. The zero-order valence-electron chi connectivity index (χ0n) is 9.69. The van der Waals surface area contributed by atoms with E-state index in [1.165, 1.54) is 31.4 Å². The van der Waals surface area contributed by atoms with E-state index >= 15 is 0 Å². The zero-order valence-corrected chi connectivity index (χ0v) is 11.3. The number of hydrogen-bond donors (Lipinski definition) is 1. The van der Waals surface area contributed by atoms with E-state index < -0.39 is 0 Å². The van der Waals surface area contributed by atoms with Crippen molar-refractivity contribution >= 4 is 21.6 Å². The minimum Gasteiger partial charge on any atom is -0.308 e. The summed E-state index contributed by atoms with van der Waals surface area (Å²) in [5.41, 5.74) is 2.23. The van der Waals surface area contributed by atoms with Gasteiger partial charge in [-0.1, -0.05) is 12.8 Å². The second kappa shape index (κ2) is 4.78. The van der Waals surface area contributed by atoms with Crippen LogP contribution in [-0.4, -0.2) is 15.4 Å². The van der Waals surface area contributed by atoms with Gasteiger partial charge in [0.15, 0.2) is 5.65 Å². The summed E-state index contributed by atoms with van der Waals surface area (Å²) in [7, 11) is 0. The van der Waals surface area contributed by atoms with E-state index in [0.717, 1.165) is 16.7 Å². The molecule has 4 heteroatoms. The molecule has 1 N–H and O–H groups in total.